The van der Waals surface area contributed by atoms with Crippen LogP contribution in [0.25, 0.3) is 0 Å². The number of carbonyl (C=O) groups is 1. The summed E-state index contributed by atoms with van der Waals surface area (Å²) in [4.78, 5) is 15.0. The normalized spacial score (nSPS) is 10.1. The molecule has 0 unspecified atom stereocenters. The summed E-state index contributed by atoms with van der Waals surface area (Å²) >= 11 is 0. The van der Waals surface area contributed by atoms with E-state index in [1.807, 2.05) is 24.4 Å². The number of benzene rings is 1. The topological polar surface area (TPSA) is 68.0 Å². The van der Waals surface area contributed by atoms with E-state index in [1.165, 1.54) is 5.56 Å². The van der Waals surface area contributed by atoms with Gasteiger partial charge in [-0.15, -0.1) is 0 Å². The highest BCUT2D eigenvalue weighted by molar-refractivity contribution is 5.93. The van der Waals surface area contributed by atoms with Crippen molar-refractivity contribution in [1.29, 1.82) is 0 Å². The van der Waals surface area contributed by atoms with E-state index < -0.39 is 5.91 Å². The molecule has 4 nitrogen and oxygen atoms in total. The molecule has 2 rings (SSSR count). The molecule has 1 amide bonds. The van der Waals surface area contributed by atoms with Gasteiger partial charge in [0.2, 0.25) is 5.91 Å². The van der Waals surface area contributed by atoms with Crippen molar-refractivity contribution in [3.05, 3.63) is 59.4 Å². The zero-order valence-corrected chi connectivity index (χ0v) is 10.2. The summed E-state index contributed by atoms with van der Waals surface area (Å²) in [7, 11) is 0. The molecule has 0 saturated heterocycles. The Morgan fingerprint density at radius 3 is 2.61 bits per heavy atom. The summed E-state index contributed by atoms with van der Waals surface area (Å²) < 4.78 is 0. The molecule has 18 heavy (non-hydrogen) atoms. The van der Waals surface area contributed by atoms with Crippen LogP contribution >= 0.6 is 0 Å². The first kappa shape index (κ1) is 12.1. The first-order chi connectivity index (χ1) is 8.66. The molecule has 1 aromatic heterocycles. The maximum absolute atomic E-state index is 10.9. The fraction of sp³-hybridized carbons (Fsp3) is 0.143. The number of nitrogens with zero attached hydrogens (tertiary/aromatic N) is 1. The molecule has 0 aliphatic heterocycles. The van der Waals surface area contributed by atoms with Crippen molar-refractivity contribution >= 4 is 11.6 Å². The molecule has 0 aliphatic rings. The Balaban J connectivity index is 2.02. The van der Waals surface area contributed by atoms with Gasteiger partial charge in [0.25, 0.3) is 0 Å². The number of nitrogens with two attached hydrogens (primary N) is 1. The number of primary amides is 1. The number of hydrogen-bond acceptors (Lipinski definition) is 3. The molecule has 4 heteroatoms. The second kappa shape index (κ2) is 5.31. The first-order valence-corrected chi connectivity index (χ1v) is 5.70. The van der Waals surface area contributed by atoms with Crippen LogP contribution in [0.1, 0.15) is 21.5 Å². The quantitative estimate of drug-likeness (QED) is 0.861. The second-order valence-corrected chi connectivity index (χ2v) is 4.10. The number of carbonyl (C=O) groups excluding carboxylic acids is 1. The Hall–Kier alpha value is -2.36. The lowest BCUT2D eigenvalue weighted by Crippen LogP contribution is -2.10. The second-order valence-electron chi connectivity index (χ2n) is 4.10. The smallest absolute Gasteiger partial charge is 0.248 e. The number of aryl methyl sites for hydroxylation is 1. The summed E-state index contributed by atoms with van der Waals surface area (Å²) in [5.41, 5.74) is 8.99. The van der Waals surface area contributed by atoms with Gasteiger partial charge in [-0.1, -0.05) is 0 Å². The average molecular weight is 241 g/mol. The van der Waals surface area contributed by atoms with Crippen molar-refractivity contribution < 1.29 is 4.79 Å². The maximum Gasteiger partial charge on any atom is 0.248 e. The van der Waals surface area contributed by atoms with E-state index in [9.17, 15) is 4.79 Å². The lowest BCUT2D eigenvalue weighted by Gasteiger charge is -2.08. The molecular formula is C14H15N3O. The van der Waals surface area contributed by atoms with Crippen LogP contribution in [0, 0.1) is 6.92 Å². The van der Waals surface area contributed by atoms with E-state index >= 15 is 0 Å². The highest BCUT2D eigenvalue weighted by atomic mass is 16.1. The molecule has 0 radical (unpaired) electrons. The molecule has 1 heterocycles. The van der Waals surface area contributed by atoms with Gasteiger partial charge in [-0.05, 0) is 48.4 Å². The zero-order chi connectivity index (χ0) is 13.0. The van der Waals surface area contributed by atoms with Gasteiger partial charge in [0, 0.05) is 30.2 Å². The van der Waals surface area contributed by atoms with Crippen molar-refractivity contribution in [2.75, 3.05) is 5.32 Å². The lowest BCUT2D eigenvalue weighted by atomic mass is 10.1. The molecule has 0 spiro atoms. The summed E-state index contributed by atoms with van der Waals surface area (Å²) in [6.07, 6.45) is 3.63. The molecule has 0 aliphatic carbocycles. The molecule has 1 aromatic carbocycles. The molecule has 0 saturated carbocycles. The van der Waals surface area contributed by atoms with E-state index in [1.54, 1.807) is 18.3 Å². The Morgan fingerprint density at radius 1 is 1.28 bits per heavy atom. The Morgan fingerprint density at radius 2 is 2.00 bits per heavy atom. The van der Waals surface area contributed by atoms with Crippen molar-refractivity contribution in [3.8, 4) is 0 Å². The van der Waals surface area contributed by atoms with Crippen LogP contribution in [0.3, 0.4) is 0 Å². The largest absolute Gasteiger partial charge is 0.381 e. The minimum Gasteiger partial charge on any atom is -0.381 e. The third-order valence-corrected chi connectivity index (χ3v) is 2.80. The van der Waals surface area contributed by atoms with Gasteiger partial charge in [0.1, 0.15) is 0 Å². The van der Waals surface area contributed by atoms with E-state index in [0.717, 1.165) is 11.3 Å². The fourth-order valence-corrected chi connectivity index (χ4v) is 1.63. The van der Waals surface area contributed by atoms with Gasteiger partial charge >= 0.3 is 0 Å². The van der Waals surface area contributed by atoms with Crippen LogP contribution in [-0.4, -0.2) is 10.9 Å². The fourth-order valence-electron chi connectivity index (χ4n) is 1.63. The van der Waals surface area contributed by atoms with Crippen molar-refractivity contribution in [1.82, 2.24) is 4.98 Å². The lowest BCUT2D eigenvalue weighted by molar-refractivity contribution is 0.100. The minimum absolute atomic E-state index is 0.412. The van der Waals surface area contributed by atoms with Crippen molar-refractivity contribution in [3.63, 3.8) is 0 Å². The van der Waals surface area contributed by atoms with Crippen molar-refractivity contribution in [2.24, 2.45) is 5.73 Å². The standard InChI is InChI=1S/C14H15N3O/c1-10-6-7-16-8-12(10)9-17-13-4-2-11(3-5-13)14(15)18/h2-8,17H,9H2,1H3,(H2,15,18). The number of hydrogen-bond donors (Lipinski definition) is 2. The number of amides is 1. The first-order valence-electron chi connectivity index (χ1n) is 5.70. The van der Waals surface area contributed by atoms with Crippen molar-refractivity contribution in [2.45, 2.75) is 13.5 Å². The number of pyridine rings is 1. The number of aromatic nitrogens is 1. The number of rotatable bonds is 4. The van der Waals surface area contributed by atoms with Gasteiger partial charge in [-0.3, -0.25) is 9.78 Å². The molecule has 0 atom stereocenters. The average Bonchev–Trinajstić information content (AvgIpc) is 2.38. The number of anilines is 1. The van der Waals surface area contributed by atoms with Crippen LogP contribution in [-0.2, 0) is 6.54 Å². The molecule has 2 aromatic rings. The van der Waals surface area contributed by atoms with Crippen LogP contribution < -0.4 is 11.1 Å². The van der Waals surface area contributed by atoms with Crippen LogP contribution in [0.15, 0.2) is 42.7 Å². The highest BCUT2D eigenvalue weighted by Crippen LogP contribution is 2.12. The summed E-state index contributed by atoms with van der Waals surface area (Å²) in [5.74, 6) is -0.412. The van der Waals surface area contributed by atoms with Gasteiger partial charge in [-0.2, -0.15) is 0 Å². The monoisotopic (exact) mass is 241 g/mol. The SMILES string of the molecule is Cc1ccncc1CNc1ccc(C(N)=O)cc1. The third kappa shape index (κ3) is 2.85. The van der Waals surface area contributed by atoms with Gasteiger partial charge < -0.3 is 11.1 Å². The Kier molecular flexibility index (Phi) is 3.57. The van der Waals surface area contributed by atoms with Gasteiger partial charge in [0.05, 0.1) is 0 Å². The third-order valence-electron chi connectivity index (χ3n) is 2.80. The zero-order valence-electron chi connectivity index (χ0n) is 10.2. The molecule has 92 valence electrons. The molecule has 0 bridgehead atoms. The van der Waals surface area contributed by atoms with E-state index in [4.69, 9.17) is 5.73 Å². The Bertz CT molecular complexity index is 549. The highest BCUT2D eigenvalue weighted by Gasteiger charge is 2.00. The molecule has 0 fully saturated rings. The van der Waals surface area contributed by atoms with Crippen LogP contribution in [0.5, 0.6) is 0 Å². The maximum atomic E-state index is 10.9. The summed E-state index contributed by atoms with van der Waals surface area (Å²) in [5, 5.41) is 3.28. The predicted molar refractivity (Wildman–Crippen MR) is 71.3 cm³/mol. The summed E-state index contributed by atoms with van der Waals surface area (Å²) in [6, 6.07) is 9.08. The minimum atomic E-state index is -0.412. The van der Waals surface area contributed by atoms with Gasteiger partial charge in [-0.25, -0.2) is 0 Å². The van der Waals surface area contributed by atoms with E-state index in [0.29, 0.717) is 12.1 Å². The molecule has 3 N–H and O–H groups in total. The summed E-state index contributed by atoms with van der Waals surface area (Å²) in [6.45, 7) is 2.75. The van der Waals surface area contributed by atoms with Crippen LogP contribution in [0.2, 0.25) is 0 Å². The predicted octanol–water partition coefficient (Wildman–Crippen LogP) is 2.10. The van der Waals surface area contributed by atoms with E-state index in [2.05, 4.69) is 17.2 Å². The molecular weight excluding hydrogens is 226 g/mol. The number of nitrogens with one attached hydrogen (secondary N) is 1. The van der Waals surface area contributed by atoms with E-state index in [-0.39, 0.29) is 0 Å². The van der Waals surface area contributed by atoms with Gasteiger partial charge in [0.15, 0.2) is 0 Å². The van der Waals surface area contributed by atoms with Crippen LogP contribution in [0.4, 0.5) is 5.69 Å². The Labute approximate surface area is 106 Å².